The second-order valence-electron chi connectivity index (χ2n) is 15.1. The number of nitrogen functional groups attached to an aromatic ring is 1. The molecule has 12 heteroatoms. The van der Waals surface area contributed by atoms with Crippen molar-refractivity contribution in [3.8, 4) is 34.6 Å². The van der Waals surface area contributed by atoms with E-state index in [1.54, 1.807) is 10.7 Å². The van der Waals surface area contributed by atoms with E-state index in [4.69, 9.17) is 20.6 Å². The number of nitrogens with two attached hydrogens (primary N) is 1. The van der Waals surface area contributed by atoms with Gasteiger partial charge in [-0.1, -0.05) is 48.2 Å². The summed E-state index contributed by atoms with van der Waals surface area (Å²) in [6.07, 6.45) is 3.58. The Morgan fingerprint density at radius 3 is 2.53 bits per heavy atom. The molecule has 3 aliphatic rings. The van der Waals surface area contributed by atoms with Gasteiger partial charge < -0.3 is 20.5 Å². The third-order valence-corrected chi connectivity index (χ3v) is 10.9. The molecule has 9 rings (SSSR count). The number of phenolic OH excluding ortho intramolecular Hbond substituents is 1. The smallest absolute Gasteiger partial charge is 0.263 e. The Hall–Kier alpha value is -5.77. The van der Waals surface area contributed by atoms with Gasteiger partial charge in [-0.15, -0.1) is 0 Å². The first-order valence-electron chi connectivity index (χ1n) is 18.1. The summed E-state index contributed by atoms with van der Waals surface area (Å²) in [6, 6.07) is 19.3. The van der Waals surface area contributed by atoms with E-state index in [0.29, 0.717) is 57.7 Å². The minimum absolute atomic E-state index is 0.0747. The standard InChI is InChI=1S/C41H41N9O3/c1-40(2)23-29-28(14-15-31(51)36(29)53-40)35-34-37(42)43-25-44-38(34)49(46-35)24-32-45-30-13-7-9-26(10-8-18-48-21-19-47(3)20-22-48)33(30)39(52)50(32)41(16-17-41)27-11-5-4-6-12-27/h4-7,9,11-15,25,51H,16-24H2,1-3H3,(H2,42,43,44). The SMILES string of the molecule is CN1CCN(CC#Cc2cccc3nc(Cn4nc(-c5ccc(O)c6c5CC(C)(C)O6)c5c(N)ncnc54)n(C4(c5ccccc5)CC4)c(=O)c23)CC1. The highest BCUT2D eigenvalue weighted by Gasteiger charge is 2.48. The zero-order valence-electron chi connectivity index (χ0n) is 30.1. The number of hydrogen-bond donors (Lipinski definition) is 2. The van der Waals surface area contributed by atoms with E-state index in [9.17, 15) is 5.11 Å². The third-order valence-electron chi connectivity index (χ3n) is 10.9. The van der Waals surface area contributed by atoms with E-state index >= 15 is 4.79 Å². The lowest BCUT2D eigenvalue weighted by Crippen LogP contribution is -2.44. The maximum Gasteiger partial charge on any atom is 0.263 e. The van der Waals surface area contributed by atoms with Crippen LogP contribution in [-0.2, 0) is 18.5 Å². The maximum absolute atomic E-state index is 15.0. The fraction of sp³-hybridized carbons (Fsp3) is 0.341. The number of nitrogens with zero attached hydrogens (tertiary/aromatic N) is 8. The Balaban J connectivity index is 1.20. The molecule has 0 amide bonds. The van der Waals surface area contributed by atoms with Gasteiger partial charge in [0, 0.05) is 49.3 Å². The molecule has 3 aromatic heterocycles. The molecule has 5 heterocycles. The topological polar surface area (TPSA) is 140 Å². The largest absolute Gasteiger partial charge is 0.504 e. The molecule has 1 saturated heterocycles. The molecule has 12 nitrogen and oxygen atoms in total. The first-order valence-corrected chi connectivity index (χ1v) is 18.1. The summed E-state index contributed by atoms with van der Waals surface area (Å²) in [5, 5.41) is 16.9. The van der Waals surface area contributed by atoms with Crippen molar-refractivity contribution in [2.75, 3.05) is 45.5 Å². The highest BCUT2D eigenvalue weighted by Crippen LogP contribution is 2.50. The molecule has 0 radical (unpaired) electrons. The number of hydrogen-bond acceptors (Lipinski definition) is 10. The summed E-state index contributed by atoms with van der Waals surface area (Å²) in [4.78, 5) is 33.9. The van der Waals surface area contributed by atoms with Crippen LogP contribution in [0, 0.1) is 11.8 Å². The van der Waals surface area contributed by atoms with Gasteiger partial charge in [0.05, 0.1) is 28.4 Å². The third kappa shape index (κ3) is 5.68. The summed E-state index contributed by atoms with van der Waals surface area (Å²) in [7, 11) is 2.14. The second-order valence-corrected chi connectivity index (χ2v) is 15.1. The average molecular weight is 708 g/mol. The van der Waals surface area contributed by atoms with Gasteiger partial charge in [0.25, 0.3) is 5.56 Å². The summed E-state index contributed by atoms with van der Waals surface area (Å²) >= 11 is 0. The lowest BCUT2D eigenvalue weighted by Gasteiger charge is -2.30. The molecular weight excluding hydrogens is 667 g/mol. The summed E-state index contributed by atoms with van der Waals surface area (Å²) in [5.41, 5.74) is 10.4. The van der Waals surface area contributed by atoms with Crippen molar-refractivity contribution in [1.82, 2.24) is 39.1 Å². The van der Waals surface area contributed by atoms with E-state index in [1.165, 1.54) is 6.33 Å². The molecule has 0 spiro atoms. The minimum atomic E-state index is -0.560. The van der Waals surface area contributed by atoms with Crippen LogP contribution in [0.15, 0.2) is 71.8 Å². The number of anilines is 1. The quantitative estimate of drug-likeness (QED) is 0.240. The summed E-state index contributed by atoms with van der Waals surface area (Å²) in [6.45, 7) is 8.74. The normalized spacial score (nSPS) is 17.7. The molecule has 0 bridgehead atoms. The van der Waals surface area contributed by atoms with Gasteiger partial charge in [-0.2, -0.15) is 5.10 Å². The molecule has 2 aliphatic heterocycles. The summed E-state index contributed by atoms with van der Waals surface area (Å²) in [5.74, 6) is 8.05. The van der Waals surface area contributed by atoms with Crippen molar-refractivity contribution in [2.45, 2.75) is 50.8 Å². The molecule has 1 aliphatic carbocycles. The first kappa shape index (κ1) is 33.1. The number of phenols is 1. The molecule has 0 atom stereocenters. The molecule has 3 N–H and O–H groups in total. The van der Waals surface area contributed by atoms with E-state index in [0.717, 1.165) is 55.7 Å². The van der Waals surface area contributed by atoms with Crippen molar-refractivity contribution in [2.24, 2.45) is 0 Å². The zero-order valence-corrected chi connectivity index (χ0v) is 30.1. The van der Waals surface area contributed by atoms with Gasteiger partial charge >= 0.3 is 0 Å². The Labute approximate surface area is 306 Å². The van der Waals surface area contributed by atoms with Gasteiger partial charge in [0.1, 0.15) is 35.8 Å². The van der Waals surface area contributed by atoms with E-state index in [1.807, 2.05) is 60.9 Å². The molecular formula is C41H41N9O3. The number of fused-ring (bicyclic) bond motifs is 3. The predicted octanol–water partition coefficient (Wildman–Crippen LogP) is 4.39. The number of piperazine rings is 1. The number of aromatic hydroxyl groups is 1. The van der Waals surface area contributed by atoms with E-state index in [-0.39, 0.29) is 23.7 Å². The molecule has 0 unspecified atom stereocenters. The van der Waals surface area contributed by atoms with Crippen LogP contribution in [0.4, 0.5) is 5.82 Å². The highest BCUT2D eigenvalue weighted by molar-refractivity contribution is 5.99. The van der Waals surface area contributed by atoms with E-state index < -0.39 is 11.1 Å². The van der Waals surface area contributed by atoms with Crippen LogP contribution in [-0.4, -0.2) is 89.6 Å². The van der Waals surface area contributed by atoms with Gasteiger partial charge in [-0.25, -0.2) is 19.6 Å². The first-order chi connectivity index (χ1) is 25.6. The maximum atomic E-state index is 15.0. The number of benzene rings is 3. The molecule has 6 aromatic rings. The van der Waals surface area contributed by atoms with Crippen LogP contribution in [0.3, 0.4) is 0 Å². The van der Waals surface area contributed by atoms with Gasteiger partial charge in [0.15, 0.2) is 17.1 Å². The number of likely N-dealkylation sites (N-methyl/N-ethyl adjacent to an activating group) is 1. The Morgan fingerprint density at radius 1 is 0.962 bits per heavy atom. The number of rotatable bonds is 6. The van der Waals surface area contributed by atoms with Gasteiger partial charge in [-0.05, 0) is 63.6 Å². The van der Waals surface area contributed by atoms with Crippen LogP contribution in [0.25, 0.3) is 33.2 Å². The van der Waals surface area contributed by atoms with Crippen LogP contribution in [0.5, 0.6) is 11.5 Å². The number of ether oxygens (including phenoxy) is 1. The predicted molar refractivity (Wildman–Crippen MR) is 204 cm³/mol. The van der Waals surface area contributed by atoms with Gasteiger partial charge in [0.2, 0.25) is 0 Å². The fourth-order valence-corrected chi connectivity index (χ4v) is 8.02. The van der Waals surface area contributed by atoms with Crippen molar-refractivity contribution < 1.29 is 9.84 Å². The van der Waals surface area contributed by atoms with Crippen LogP contribution >= 0.6 is 0 Å². The minimum Gasteiger partial charge on any atom is -0.504 e. The van der Waals surface area contributed by atoms with Crippen LogP contribution in [0.1, 0.15) is 49.2 Å². The van der Waals surface area contributed by atoms with Crippen molar-refractivity contribution >= 4 is 27.8 Å². The molecule has 53 heavy (non-hydrogen) atoms. The lowest BCUT2D eigenvalue weighted by molar-refractivity contribution is 0.134. The Bertz CT molecular complexity index is 2540. The highest BCUT2D eigenvalue weighted by atomic mass is 16.5. The molecule has 3 aromatic carbocycles. The molecule has 1 saturated carbocycles. The van der Waals surface area contributed by atoms with Crippen LogP contribution in [0.2, 0.25) is 0 Å². The average Bonchev–Trinajstić information content (AvgIpc) is 3.75. The monoisotopic (exact) mass is 707 g/mol. The molecule has 2 fully saturated rings. The second kappa shape index (κ2) is 12.4. The zero-order chi connectivity index (χ0) is 36.5. The van der Waals surface area contributed by atoms with Crippen molar-refractivity contribution in [3.63, 3.8) is 0 Å². The Kier molecular flexibility index (Phi) is 7.76. The lowest BCUT2D eigenvalue weighted by atomic mass is 9.95. The summed E-state index contributed by atoms with van der Waals surface area (Å²) < 4.78 is 9.78. The fourth-order valence-electron chi connectivity index (χ4n) is 8.02. The van der Waals surface area contributed by atoms with Crippen LogP contribution < -0.4 is 16.0 Å². The molecule has 268 valence electrons. The van der Waals surface area contributed by atoms with Gasteiger partial charge in [-0.3, -0.25) is 14.3 Å². The van der Waals surface area contributed by atoms with Crippen molar-refractivity contribution in [3.05, 3.63) is 99.9 Å². The van der Waals surface area contributed by atoms with Crippen molar-refractivity contribution in [1.29, 1.82) is 0 Å². The Morgan fingerprint density at radius 2 is 1.75 bits per heavy atom. The number of aromatic nitrogens is 6. The van der Waals surface area contributed by atoms with E-state index in [2.05, 4.69) is 50.8 Å².